The van der Waals surface area contributed by atoms with Crippen LogP contribution < -0.4 is 5.73 Å². The van der Waals surface area contributed by atoms with Gasteiger partial charge in [-0.2, -0.15) is 8.42 Å². The predicted octanol–water partition coefficient (Wildman–Crippen LogP) is 3.08. The molecule has 2 aromatic rings. The standard InChI is InChI=1S/C8H9NO2.C7H8O3S.C4H10O/c1-11-8(10)6-2-4-7(9)5-3-6;1-6-2-4-7(5-3-6)11(8,9)10;1-2-3-4-5/h2-5H,9H2,1H3;2-5H,1H3,(H,8,9,10);5H,2-4H2,1H3. The van der Waals surface area contributed by atoms with Crippen molar-refractivity contribution < 1.29 is 27.6 Å². The molecule has 150 valence electrons. The second-order valence-electron chi connectivity index (χ2n) is 5.48. The largest absolute Gasteiger partial charge is 0.465 e. The molecule has 7 nitrogen and oxygen atoms in total. The number of rotatable bonds is 4. The lowest BCUT2D eigenvalue weighted by Gasteiger charge is -1.97. The zero-order chi connectivity index (χ0) is 20.9. The van der Waals surface area contributed by atoms with Crippen LogP contribution in [0.2, 0.25) is 0 Å². The molecule has 0 saturated heterocycles. The number of aliphatic hydroxyl groups excluding tert-OH is 1. The van der Waals surface area contributed by atoms with Crippen molar-refractivity contribution >= 4 is 21.8 Å². The van der Waals surface area contributed by atoms with E-state index in [2.05, 4.69) is 11.7 Å². The molecule has 0 fully saturated rings. The van der Waals surface area contributed by atoms with E-state index in [-0.39, 0.29) is 10.9 Å². The van der Waals surface area contributed by atoms with Gasteiger partial charge in [-0.05, 0) is 49.7 Å². The van der Waals surface area contributed by atoms with Gasteiger partial charge in [-0.1, -0.05) is 31.0 Å². The Morgan fingerprint density at radius 1 is 1.07 bits per heavy atom. The molecule has 0 aliphatic heterocycles. The number of nitrogens with two attached hydrogens (primary N) is 1. The van der Waals surface area contributed by atoms with Crippen LogP contribution >= 0.6 is 0 Å². The third-order valence-corrected chi connectivity index (χ3v) is 4.03. The van der Waals surface area contributed by atoms with Crippen LogP contribution in [0.3, 0.4) is 0 Å². The van der Waals surface area contributed by atoms with Crippen LogP contribution in [0, 0.1) is 6.92 Å². The van der Waals surface area contributed by atoms with Crippen LogP contribution in [-0.4, -0.2) is 37.8 Å². The minimum absolute atomic E-state index is 0.0666. The number of aliphatic hydroxyl groups is 1. The molecule has 4 N–H and O–H groups in total. The molecule has 0 bridgehead atoms. The molecule has 0 amide bonds. The summed E-state index contributed by atoms with van der Waals surface area (Å²) < 4.78 is 34.0. The van der Waals surface area contributed by atoms with Crippen LogP contribution in [0.1, 0.15) is 35.7 Å². The Morgan fingerprint density at radius 3 is 1.93 bits per heavy atom. The molecule has 0 aliphatic rings. The number of hydrogen-bond donors (Lipinski definition) is 3. The maximum atomic E-state index is 10.9. The fraction of sp³-hybridized carbons (Fsp3) is 0.316. The Hall–Kier alpha value is -2.42. The summed E-state index contributed by atoms with van der Waals surface area (Å²) in [6.07, 6.45) is 2.04. The summed E-state index contributed by atoms with van der Waals surface area (Å²) in [7, 11) is -2.67. The van der Waals surface area contributed by atoms with Gasteiger partial charge in [0.15, 0.2) is 0 Å². The first kappa shape index (κ1) is 24.6. The van der Waals surface area contributed by atoms with Crippen molar-refractivity contribution in [1.29, 1.82) is 0 Å². The quantitative estimate of drug-likeness (QED) is 0.411. The number of anilines is 1. The monoisotopic (exact) mass is 397 g/mol. The molecular formula is C19H27NO6S. The molecule has 0 aromatic heterocycles. The van der Waals surface area contributed by atoms with Crippen molar-refractivity contribution in [3.05, 3.63) is 59.7 Å². The third kappa shape index (κ3) is 11.0. The van der Waals surface area contributed by atoms with E-state index < -0.39 is 10.1 Å². The smallest absolute Gasteiger partial charge is 0.337 e. The number of methoxy groups -OCH3 is 1. The number of esters is 1. The SMILES string of the molecule is CCCCO.COC(=O)c1ccc(N)cc1.Cc1ccc(S(=O)(=O)O)cc1. The van der Waals surface area contributed by atoms with Crippen LogP contribution in [0.4, 0.5) is 5.69 Å². The zero-order valence-electron chi connectivity index (χ0n) is 15.8. The van der Waals surface area contributed by atoms with Crippen molar-refractivity contribution in [2.45, 2.75) is 31.6 Å². The Kier molecular flexibility index (Phi) is 11.7. The highest BCUT2D eigenvalue weighted by Crippen LogP contribution is 2.08. The number of ether oxygens (including phenoxy) is 1. The highest BCUT2D eigenvalue weighted by Gasteiger charge is 2.06. The first-order valence-electron chi connectivity index (χ1n) is 8.24. The van der Waals surface area contributed by atoms with Crippen LogP contribution in [0.5, 0.6) is 0 Å². The summed E-state index contributed by atoms with van der Waals surface area (Å²) in [4.78, 5) is 10.8. The van der Waals surface area contributed by atoms with E-state index in [1.54, 1.807) is 36.4 Å². The Balaban J connectivity index is 0.000000405. The van der Waals surface area contributed by atoms with E-state index in [9.17, 15) is 13.2 Å². The number of nitrogen functional groups attached to an aromatic ring is 1. The Morgan fingerprint density at radius 2 is 1.59 bits per heavy atom. The van der Waals surface area contributed by atoms with Gasteiger partial charge in [0.25, 0.3) is 10.1 Å². The molecule has 0 saturated carbocycles. The lowest BCUT2D eigenvalue weighted by Crippen LogP contribution is -2.00. The Labute approximate surface area is 160 Å². The summed E-state index contributed by atoms with van der Waals surface area (Å²) >= 11 is 0. The van der Waals surface area contributed by atoms with Crippen LogP contribution in [-0.2, 0) is 14.9 Å². The second-order valence-corrected chi connectivity index (χ2v) is 6.90. The molecule has 0 spiro atoms. The summed E-state index contributed by atoms with van der Waals surface area (Å²) in [5.41, 5.74) is 7.52. The number of carbonyl (C=O) groups is 1. The summed E-state index contributed by atoms with van der Waals surface area (Å²) in [5.74, 6) is -0.343. The summed E-state index contributed by atoms with van der Waals surface area (Å²) in [5, 5.41) is 8.07. The second kappa shape index (κ2) is 12.9. The third-order valence-electron chi connectivity index (χ3n) is 3.16. The molecule has 0 radical (unpaired) electrons. The van der Waals surface area contributed by atoms with Crippen molar-refractivity contribution in [3.8, 4) is 0 Å². The maximum Gasteiger partial charge on any atom is 0.337 e. The number of unbranched alkanes of at least 4 members (excludes halogenated alkanes) is 1. The minimum atomic E-state index is -4.02. The van der Waals surface area contributed by atoms with E-state index in [1.165, 1.54) is 19.2 Å². The molecular weight excluding hydrogens is 370 g/mol. The molecule has 0 atom stereocenters. The van der Waals surface area contributed by atoms with Gasteiger partial charge in [-0.15, -0.1) is 0 Å². The maximum absolute atomic E-state index is 10.9. The number of carbonyl (C=O) groups excluding carboxylic acids is 1. The van der Waals surface area contributed by atoms with Crippen LogP contribution in [0.15, 0.2) is 53.4 Å². The van der Waals surface area contributed by atoms with E-state index in [4.69, 9.17) is 15.4 Å². The highest BCUT2D eigenvalue weighted by atomic mass is 32.2. The minimum Gasteiger partial charge on any atom is -0.465 e. The normalized spacial score (nSPS) is 9.96. The van der Waals surface area contributed by atoms with Gasteiger partial charge in [0, 0.05) is 12.3 Å². The lowest BCUT2D eigenvalue weighted by atomic mass is 10.2. The fourth-order valence-electron chi connectivity index (χ4n) is 1.61. The van der Waals surface area contributed by atoms with Crippen LogP contribution in [0.25, 0.3) is 0 Å². The highest BCUT2D eigenvalue weighted by molar-refractivity contribution is 7.85. The molecule has 2 aromatic carbocycles. The molecule has 2 rings (SSSR count). The van der Waals surface area contributed by atoms with E-state index >= 15 is 0 Å². The number of benzene rings is 2. The molecule has 0 unspecified atom stereocenters. The number of hydrogen-bond acceptors (Lipinski definition) is 6. The van der Waals surface area contributed by atoms with Gasteiger partial charge < -0.3 is 15.6 Å². The topological polar surface area (TPSA) is 127 Å². The average Bonchev–Trinajstić information content (AvgIpc) is 2.63. The van der Waals surface area contributed by atoms with Gasteiger partial charge >= 0.3 is 5.97 Å². The molecule has 0 aliphatic carbocycles. The predicted molar refractivity (Wildman–Crippen MR) is 105 cm³/mol. The fourth-order valence-corrected chi connectivity index (χ4v) is 2.09. The van der Waals surface area contributed by atoms with E-state index in [0.717, 1.165) is 18.4 Å². The van der Waals surface area contributed by atoms with Gasteiger partial charge in [0.1, 0.15) is 0 Å². The first-order valence-corrected chi connectivity index (χ1v) is 9.68. The van der Waals surface area contributed by atoms with Crippen molar-refractivity contribution in [3.63, 3.8) is 0 Å². The van der Waals surface area contributed by atoms with Crippen molar-refractivity contribution in [2.75, 3.05) is 19.5 Å². The van der Waals surface area contributed by atoms with E-state index in [0.29, 0.717) is 17.9 Å². The molecule has 8 heteroatoms. The van der Waals surface area contributed by atoms with Crippen molar-refractivity contribution in [1.82, 2.24) is 0 Å². The zero-order valence-corrected chi connectivity index (χ0v) is 16.6. The Bertz CT molecular complexity index is 769. The van der Waals surface area contributed by atoms with Gasteiger partial charge in [-0.3, -0.25) is 4.55 Å². The van der Waals surface area contributed by atoms with E-state index in [1.807, 2.05) is 6.92 Å². The molecule has 27 heavy (non-hydrogen) atoms. The molecule has 0 heterocycles. The summed E-state index contributed by atoms with van der Waals surface area (Å²) in [6, 6.07) is 12.6. The van der Waals surface area contributed by atoms with Gasteiger partial charge in [0.2, 0.25) is 0 Å². The first-order chi connectivity index (χ1) is 12.6. The van der Waals surface area contributed by atoms with Crippen molar-refractivity contribution in [2.24, 2.45) is 0 Å². The average molecular weight is 397 g/mol. The van der Waals surface area contributed by atoms with Gasteiger partial charge in [-0.25, -0.2) is 4.79 Å². The number of aryl methyl sites for hydroxylation is 1. The lowest BCUT2D eigenvalue weighted by molar-refractivity contribution is 0.0600. The summed E-state index contributed by atoms with van der Waals surface area (Å²) in [6.45, 7) is 4.24. The van der Waals surface area contributed by atoms with Gasteiger partial charge in [0.05, 0.1) is 17.6 Å².